The number of alkyl carbamates (subject to hydrolysis) is 1. The van der Waals surface area contributed by atoms with E-state index in [2.05, 4.69) is 27.2 Å². The number of hydrogen-bond acceptors (Lipinski definition) is 8. The number of nitrogens with zero attached hydrogens (tertiary/aromatic N) is 2. The van der Waals surface area contributed by atoms with Crippen molar-refractivity contribution in [3.05, 3.63) is 59.1 Å². The molecule has 1 aromatic rings. The fraction of sp³-hybridized carbons (Fsp3) is 0.417. The highest BCUT2D eigenvalue weighted by atomic mass is 16.6. The molecular weight excluding hydrogens is 422 g/mol. The Hall–Kier alpha value is -3.62. The summed E-state index contributed by atoms with van der Waals surface area (Å²) in [5.41, 5.74) is 7.55. The maximum absolute atomic E-state index is 13.0. The molecule has 180 valence electrons. The number of anilines is 1. The summed E-state index contributed by atoms with van der Waals surface area (Å²) >= 11 is 0. The Labute approximate surface area is 195 Å². The fourth-order valence-electron chi connectivity index (χ4n) is 2.45. The molecule has 0 bridgehead atoms. The van der Waals surface area contributed by atoms with E-state index < -0.39 is 11.7 Å². The number of ether oxygens (including phenoxy) is 2. The van der Waals surface area contributed by atoms with E-state index in [1.807, 2.05) is 6.92 Å². The molecule has 0 saturated heterocycles. The van der Waals surface area contributed by atoms with Crippen molar-refractivity contribution in [2.75, 3.05) is 18.5 Å². The van der Waals surface area contributed by atoms with E-state index in [0.717, 1.165) is 0 Å². The zero-order valence-electron chi connectivity index (χ0n) is 20.5. The highest BCUT2D eigenvalue weighted by molar-refractivity contribution is 6.08. The molecule has 1 amide bonds. The Morgan fingerprint density at radius 1 is 1.21 bits per heavy atom. The summed E-state index contributed by atoms with van der Waals surface area (Å²) in [6, 6.07) is 1.65. The van der Waals surface area contributed by atoms with Crippen LogP contribution < -0.4 is 21.1 Å². The average molecular weight is 458 g/mol. The SMILES string of the molecule is C=C(C)/C(=C\C=C(/C)C(=O)C(CNc1nccc(OCC)n1)=C(C)N)NC(=O)OC(C)(C)C. The predicted molar refractivity (Wildman–Crippen MR) is 130 cm³/mol. The molecular formula is C24H35N5O4. The second-order valence-electron chi connectivity index (χ2n) is 8.33. The minimum Gasteiger partial charge on any atom is -0.478 e. The van der Waals surface area contributed by atoms with Gasteiger partial charge in [-0.2, -0.15) is 4.98 Å². The van der Waals surface area contributed by atoms with Gasteiger partial charge in [0.25, 0.3) is 0 Å². The third-order valence-corrected chi connectivity index (χ3v) is 4.05. The zero-order chi connectivity index (χ0) is 25.2. The number of hydrogen-bond donors (Lipinski definition) is 3. The second kappa shape index (κ2) is 12.4. The van der Waals surface area contributed by atoms with Crippen molar-refractivity contribution in [1.82, 2.24) is 15.3 Å². The van der Waals surface area contributed by atoms with Gasteiger partial charge in [-0.05, 0) is 65.7 Å². The topological polar surface area (TPSA) is 128 Å². The van der Waals surface area contributed by atoms with Crippen molar-refractivity contribution in [3.8, 4) is 5.88 Å². The molecule has 0 aliphatic heterocycles. The molecule has 4 N–H and O–H groups in total. The number of Topliss-reactive ketones (excluding diaryl/α,β-unsaturated/α-hetero) is 1. The second-order valence-corrected chi connectivity index (χ2v) is 8.33. The molecule has 0 saturated carbocycles. The lowest BCUT2D eigenvalue weighted by molar-refractivity contribution is -0.112. The number of rotatable bonds is 10. The average Bonchev–Trinajstić information content (AvgIpc) is 2.69. The van der Waals surface area contributed by atoms with Crippen LogP contribution in [0.25, 0.3) is 0 Å². The van der Waals surface area contributed by atoms with Crippen LogP contribution in [-0.4, -0.2) is 40.6 Å². The molecule has 0 spiro atoms. The van der Waals surface area contributed by atoms with Crippen molar-refractivity contribution >= 4 is 17.8 Å². The highest BCUT2D eigenvalue weighted by Gasteiger charge is 2.18. The summed E-state index contributed by atoms with van der Waals surface area (Å²) in [5.74, 6) is 0.501. The van der Waals surface area contributed by atoms with Crippen LogP contribution in [0.2, 0.25) is 0 Å². The Kier molecular flexibility index (Phi) is 10.3. The number of carbonyl (C=O) groups is 2. The highest BCUT2D eigenvalue weighted by Crippen LogP contribution is 2.14. The standard InChI is InChI=1S/C24H35N5O4/c1-9-32-20-12-13-26-22(29-20)27-14-18(17(5)25)21(30)16(4)10-11-19(15(2)3)28-23(31)33-24(6,7)8/h10-13H,2,9,14,25H2,1,3-8H3,(H,28,31)(H,26,27,29)/b16-10+,18-17?,19-11+. The molecule has 1 aromatic heterocycles. The van der Waals surface area contributed by atoms with E-state index in [1.54, 1.807) is 66.0 Å². The van der Waals surface area contributed by atoms with Crippen molar-refractivity contribution in [3.63, 3.8) is 0 Å². The molecule has 0 aliphatic rings. The van der Waals surface area contributed by atoms with Crippen LogP contribution in [0.3, 0.4) is 0 Å². The predicted octanol–water partition coefficient (Wildman–Crippen LogP) is 4.02. The smallest absolute Gasteiger partial charge is 0.412 e. The van der Waals surface area contributed by atoms with Gasteiger partial charge in [-0.3, -0.25) is 10.1 Å². The number of nitrogens with two attached hydrogens (primary N) is 1. The third kappa shape index (κ3) is 10.0. The fourth-order valence-corrected chi connectivity index (χ4v) is 2.45. The number of carbonyl (C=O) groups excluding carboxylic acids is 2. The molecule has 33 heavy (non-hydrogen) atoms. The molecule has 0 aromatic carbocycles. The van der Waals surface area contributed by atoms with Crippen LogP contribution in [-0.2, 0) is 9.53 Å². The largest absolute Gasteiger partial charge is 0.478 e. The van der Waals surface area contributed by atoms with Crippen LogP contribution in [0.4, 0.5) is 10.7 Å². The van der Waals surface area contributed by atoms with Crippen LogP contribution in [0.15, 0.2) is 59.1 Å². The molecule has 1 rings (SSSR count). The summed E-state index contributed by atoms with van der Waals surface area (Å²) in [5, 5.41) is 5.65. The Bertz CT molecular complexity index is 967. The number of ketones is 1. The molecule has 0 aliphatic carbocycles. The van der Waals surface area contributed by atoms with Crippen molar-refractivity contribution in [2.45, 2.75) is 54.1 Å². The molecule has 0 fully saturated rings. The summed E-state index contributed by atoms with van der Waals surface area (Å²) in [7, 11) is 0. The minimum atomic E-state index is -0.636. The van der Waals surface area contributed by atoms with Gasteiger partial charge in [0.15, 0.2) is 5.78 Å². The first-order valence-electron chi connectivity index (χ1n) is 10.6. The van der Waals surface area contributed by atoms with Crippen LogP contribution >= 0.6 is 0 Å². The van der Waals surface area contributed by atoms with Crippen LogP contribution in [0.5, 0.6) is 5.88 Å². The van der Waals surface area contributed by atoms with E-state index in [1.165, 1.54) is 0 Å². The van der Waals surface area contributed by atoms with Gasteiger partial charge in [0, 0.05) is 35.8 Å². The quantitative estimate of drug-likeness (QED) is 0.355. The first-order chi connectivity index (χ1) is 15.3. The zero-order valence-corrected chi connectivity index (χ0v) is 20.5. The minimum absolute atomic E-state index is 0.134. The number of aromatic nitrogens is 2. The number of allylic oxidation sites excluding steroid dienone is 5. The lowest BCUT2D eigenvalue weighted by Gasteiger charge is -2.20. The van der Waals surface area contributed by atoms with Gasteiger partial charge in [-0.15, -0.1) is 0 Å². The Morgan fingerprint density at radius 2 is 1.88 bits per heavy atom. The summed E-state index contributed by atoms with van der Waals surface area (Å²) in [4.78, 5) is 33.4. The molecule has 1 heterocycles. The number of nitrogens with one attached hydrogen (secondary N) is 2. The number of amides is 1. The van der Waals surface area contributed by atoms with Crippen LogP contribution in [0.1, 0.15) is 48.5 Å². The van der Waals surface area contributed by atoms with E-state index in [-0.39, 0.29) is 12.3 Å². The van der Waals surface area contributed by atoms with Crippen LogP contribution in [0, 0.1) is 0 Å². The molecule has 9 heteroatoms. The van der Waals surface area contributed by atoms with E-state index in [9.17, 15) is 9.59 Å². The third-order valence-electron chi connectivity index (χ3n) is 4.05. The van der Waals surface area contributed by atoms with Gasteiger partial charge in [0.05, 0.1) is 6.61 Å². The first-order valence-corrected chi connectivity index (χ1v) is 10.6. The molecule has 0 radical (unpaired) electrons. The monoisotopic (exact) mass is 457 g/mol. The Balaban J connectivity index is 2.98. The Morgan fingerprint density at radius 3 is 2.42 bits per heavy atom. The van der Waals surface area contributed by atoms with E-state index in [4.69, 9.17) is 15.2 Å². The van der Waals surface area contributed by atoms with Gasteiger partial charge in [-0.25, -0.2) is 9.78 Å². The maximum Gasteiger partial charge on any atom is 0.412 e. The summed E-state index contributed by atoms with van der Waals surface area (Å²) in [6.07, 6.45) is 4.16. The van der Waals surface area contributed by atoms with Crippen molar-refractivity contribution < 1.29 is 19.1 Å². The lowest BCUT2D eigenvalue weighted by atomic mass is 10.0. The van der Waals surface area contributed by atoms with E-state index >= 15 is 0 Å². The van der Waals surface area contributed by atoms with Gasteiger partial charge in [0.2, 0.25) is 11.8 Å². The first kappa shape index (κ1) is 27.4. The molecule has 9 nitrogen and oxygen atoms in total. The lowest BCUT2D eigenvalue weighted by Crippen LogP contribution is -2.32. The summed E-state index contributed by atoms with van der Waals surface area (Å²) in [6.45, 7) is 16.7. The van der Waals surface area contributed by atoms with Gasteiger partial charge in [0.1, 0.15) is 5.60 Å². The summed E-state index contributed by atoms with van der Waals surface area (Å²) < 4.78 is 10.6. The van der Waals surface area contributed by atoms with Crippen molar-refractivity contribution in [1.29, 1.82) is 0 Å². The van der Waals surface area contributed by atoms with Crippen molar-refractivity contribution in [2.24, 2.45) is 5.73 Å². The molecule has 0 unspecified atom stereocenters. The van der Waals surface area contributed by atoms with Gasteiger partial charge < -0.3 is 20.5 Å². The van der Waals surface area contributed by atoms with E-state index in [0.29, 0.717) is 46.5 Å². The normalized spacial score (nSPS) is 13.1. The maximum atomic E-state index is 13.0. The van der Waals surface area contributed by atoms with Gasteiger partial charge in [-0.1, -0.05) is 12.7 Å². The molecule has 0 atom stereocenters. The van der Waals surface area contributed by atoms with Gasteiger partial charge >= 0.3 is 6.09 Å².